The lowest BCUT2D eigenvalue weighted by Gasteiger charge is -2.34. The van der Waals surface area contributed by atoms with Crippen molar-refractivity contribution in [2.75, 3.05) is 26.2 Å². The minimum Gasteiger partial charge on any atom is -0.505 e. The van der Waals surface area contributed by atoms with E-state index in [9.17, 15) is 9.50 Å². The van der Waals surface area contributed by atoms with Crippen LogP contribution in [0.2, 0.25) is 0 Å². The van der Waals surface area contributed by atoms with Crippen molar-refractivity contribution >= 4 is 0 Å². The van der Waals surface area contributed by atoms with E-state index in [-0.39, 0.29) is 11.6 Å². The molecule has 2 rings (SSSR count). The fraction of sp³-hybridized carbons (Fsp3) is 0.357. The van der Waals surface area contributed by atoms with E-state index in [4.69, 9.17) is 5.26 Å². The van der Waals surface area contributed by atoms with Gasteiger partial charge in [-0.05, 0) is 12.1 Å². The molecule has 1 aromatic carbocycles. The van der Waals surface area contributed by atoms with E-state index in [1.165, 1.54) is 6.07 Å². The van der Waals surface area contributed by atoms with Gasteiger partial charge >= 0.3 is 0 Å². The number of nitriles is 1. The largest absolute Gasteiger partial charge is 0.505 e. The minimum atomic E-state index is -0.712. The van der Waals surface area contributed by atoms with Crippen molar-refractivity contribution in [1.29, 1.82) is 5.26 Å². The molecule has 0 radical (unpaired) electrons. The van der Waals surface area contributed by atoms with Crippen molar-refractivity contribution in [1.82, 2.24) is 10.2 Å². The minimum absolute atomic E-state index is 0.280. The molecule has 1 atom stereocenters. The molecule has 1 aliphatic heterocycles. The number of rotatable bonds is 3. The first-order valence-electron chi connectivity index (χ1n) is 6.17. The standard InChI is InChI=1S/C14H16FN3O/c1-2-12(18-7-5-17-6-8-18)13-10(9-16)3-4-11(15)14(13)19/h2-4,12,17,19H,1,5-8H2/t12-/m0/s1. The Hall–Kier alpha value is -1.90. The summed E-state index contributed by atoms with van der Waals surface area (Å²) in [5.41, 5.74) is 0.585. The summed E-state index contributed by atoms with van der Waals surface area (Å²) in [6.07, 6.45) is 1.64. The number of aromatic hydroxyl groups is 1. The highest BCUT2D eigenvalue weighted by atomic mass is 19.1. The number of nitrogens with one attached hydrogen (secondary N) is 1. The maximum absolute atomic E-state index is 13.5. The zero-order valence-corrected chi connectivity index (χ0v) is 10.6. The summed E-state index contributed by atoms with van der Waals surface area (Å²) in [6, 6.07) is 4.14. The third-order valence-electron chi connectivity index (χ3n) is 3.35. The molecule has 0 bridgehead atoms. The van der Waals surface area contributed by atoms with Gasteiger partial charge in [-0.25, -0.2) is 4.39 Å². The summed E-state index contributed by atoms with van der Waals surface area (Å²) in [4.78, 5) is 2.07. The van der Waals surface area contributed by atoms with Crippen molar-refractivity contribution in [2.24, 2.45) is 0 Å². The van der Waals surface area contributed by atoms with Gasteiger partial charge in [0.1, 0.15) is 0 Å². The third-order valence-corrected chi connectivity index (χ3v) is 3.35. The van der Waals surface area contributed by atoms with Crippen LogP contribution in [0, 0.1) is 17.1 Å². The number of phenols is 1. The normalized spacial score (nSPS) is 17.7. The monoisotopic (exact) mass is 261 g/mol. The van der Waals surface area contributed by atoms with E-state index in [0.29, 0.717) is 5.56 Å². The van der Waals surface area contributed by atoms with E-state index in [1.54, 1.807) is 6.08 Å². The van der Waals surface area contributed by atoms with Crippen LogP contribution in [0.15, 0.2) is 24.8 Å². The van der Waals surface area contributed by atoms with E-state index in [1.807, 2.05) is 6.07 Å². The Bertz CT molecular complexity index is 518. The van der Waals surface area contributed by atoms with E-state index in [0.717, 1.165) is 32.2 Å². The zero-order valence-electron chi connectivity index (χ0n) is 10.6. The Morgan fingerprint density at radius 1 is 1.47 bits per heavy atom. The highest BCUT2D eigenvalue weighted by Gasteiger charge is 2.26. The Balaban J connectivity index is 2.45. The molecular formula is C14H16FN3O. The van der Waals surface area contributed by atoms with E-state index in [2.05, 4.69) is 16.8 Å². The van der Waals surface area contributed by atoms with Crippen LogP contribution in [0.3, 0.4) is 0 Å². The van der Waals surface area contributed by atoms with E-state index >= 15 is 0 Å². The molecular weight excluding hydrogens is 245 g/mol. The fourth-order valence-corrected chi connectivity index (χ4v) is 2.39. The summed E-state index contributed by atoms with van der Waals surface area (Å²) in [7, 11) is 0. The summed E-state index contributed by atoms with van der Waals surface area (Å²) >= 11 is 0. The number of halogens is 1. The van der Waals surface area contributed by atoms with Gasteiger partial charge in [-0.2, -0.15) is 5.26 Å². The van der Waals surface area contributed by atoms with Gasteiger partial charge in [0, 0.05) is 31.7 Å². The van der Waals surface area contributed by atoms with Gasteiger partial charge in [-0.3, -0.25) is 4.90 Å². The van der Waals surface area contributed by atoms with Gasteiger partial charge in [0.05, 0.1) is 17.7 Å². The van der Waals surface area contributed by atoms with Crippen LogP contribution in [0.4, 0.5) is 4.39 Å². The molecule has 4 nitrogen and oxygen atoms in total. The predicted molar refractivity (Wildman–Crippen MR) is 70.2 cm³/mol. The average molecular weight is 261 g/mol. The van der Waals surface area contributed by atoms with Crippen molar-refractivity contribution in [3.05, 3.63) is 41.7 Å². The number of hydrogen-bond acceptors (Lipinski definition) is 4. The van der Waals surface area contributed by atoms with Crippen molar-refractivity contribution in [3.8, 4) is 11.8 Å². The molecule has 1 aromatic rings. The fourth-order valence-electron chi connectivity index (χ4n) is 2.39. The Kier molecular flexibility index (Phi) is 4.15. The molecule has 19 heavy (non-hydrogen) atoms. The van der Waals surface area contributed by atoms with Crippen LogP contribution in [0.25, 0.3) is 0 Å². The Morgan fingerprint density at radius 2 is 2.16 bits per heavy atom. The first kappa shape index (κ1) is 13.5. The number of nitrogens with zero attached hydrogens (tertiary/aromatic N) is 2. The second-order valence-corrected chi connectivity index (χ2v) is 4.44. The molecule has 1 aliphatic rings. The topological polar surface area (TPSA) is 59.3 Å². The van der Waals surface area contributed by atoms with Crippen LogP contribution in [0.5, 0.6) is 5.75 Å². The number of piperazine rings is 1. The molecule has 0 saturated carbocycles. The van der Waals surface area contributed by atoms with Crippen LogP contribution < -0.4 is 5.32 Å². The van der Waals surface area contributed by atoms with Gasteiger partial charge in [0.15, 0.2) is 11.6 Å². The molecule has 0 aliphatic carbocycles. The summed E-state index contributed by atoms with van der Waals surface area (Å²) < 4.78 is 13.5. The molecule has 100 valence electrons. The maximum atomic E-state index is 13.5. The molecule has 0 spiro atoms. The molecule has 0 aromatic heterocycles. The maximum Gasteiger partial charge on any atom is 0.165 e. The first-order valence-corrected chi connectivity index (χ1v) is 6.17. The second-order valence-electron chi connectivity index (χ2n) is 4.44. The van der Waals surface area contributed by atoms with Gasteiger partial charge in [-0.1, -0.05) is 6.08 Å². The van der Waals surface area contributed by atoms with Crippen molar-refractivity contribution in [2.45, 2.75) is 6.04 Å². The Morgan fingerprint density at radius 3 is 2.74 bits per heavy atom. The lowest BCUT2D eigenvalue weighted by molar-refractivity contribution is 0.200. The predicted octanol–water partition coefficient (Wildman–Crippen LogP) is 1.54. The van der Waals surface area contributed by atoms with Gasteiger partial charge in [0.2, 0.25) is 0 Å². The lowest BCUT2D eigenvalue weighted by Crippen LogP contribution is -2.44. The summed E-state index contributed by atoms with van der Waals surface area (Å²) in [6.45, 7) is 6.92. The smallest absolute Gasteiger partial charge is 0.165 e. The number of hydrogen-bond donors (Lipinski definition) is 2. The highest BCUT2D eigenvalue weighted by molar-refractivity contribution is 5.50. The van der Waals surface area contributed by atoms with Crippen molar-refractivity contribution < 1.29 is 9.50 Å². The average Bonchev–Trinajstić information content (AvgIpc) is 2.45. The second kappa shape index (κ2) is 5.83. The van der Waals surface area contributed by atoms with Gasteiger partial charge in [0.25, 0.3) is 0 Å². The Labute approximate surface area is 111 Å². The summed E-state index contributed by atoms with van der Waals surface area (Å²) in [5, 5.41) is 22.3. The molecule has 1 saturated heterocycles. The summed E-state index contributed by atoms with van der Waals surface area (Å²) in [5.74, 6) is -1.17. The highest BCUT2D eigenvalue weighted by Crippen LogP contribution is 2.34. The zero-order chi connectivity index (χ0) is 13.8. The van der Waals surface area contributed by atoms with Gasteiger partial charge < -0.3 is 10.4 Å². The molecule has 5 heteroatoms. The lowest BCUT2D eigenvalue weighted by atomic mass is 9.97. The van der Waals surface area contributed by atoms with Crippen molar-refractivity contribution in [3.63, 3.8) is 0 Å². The molecule has 0 unspecified atom stereocenters. The number of benzene rings is 1. The molecule has 1 heterocycles. The van der Waals surface area contributed by atoms with Crippen LogP contribution in [0.1, 0.15) is 17.2 Å². The SMILES string of the molecule is C=C[C@@H](c1c(C#N)ccc(F)c1O)N1CCNCC1. The van der Waals surface area contributed by atoms with Gasteiger partial charge in [-0.15, -0.1) is 6.58 Å². The molecule has 0 amide bonds. The molecule has 1 fully saturated rings. The first-order chi connectivity index (χ1) is 9.19. The van der Waals surface area contributed by atoms with Crippen LogP contribution >= 0.6 is 0 Å². The molecule has 2 N–H and O–H groups in total. The van der Waals surface area contributed by atoms with E-state index < -0.39 is 11.6 Å². The number of phenolic OH excluding ortho intramolecular Hbond substituents is 1. The van der Waals surface area contributed by atoms with Crippen LogP contribution in [-0.4, -0.2) is 36.2 Å². The third kappa shape index (κ3) is 2.60. The quantitative estimate of drug-likeness (QED) is 0.810. The van der Waals surface area contributed by atoms with Crippen LogP contribution in [-0.2, 0) is 0 Å².